The molecule has 15 heavy (non-hydrogen) atoms. The van der Waals surface area contributed by atoms with Gasteiger partial charge in [0.1, 0.15) is 6.54 Å². The van der Waals surface area contributed by atoms with E-state index in [1.54, 1.807) is 4.68 Å². The second-order valence-corrected chi connectivity index (χ2v) is 3.18. The molecule has 0 spiro atoms. The highest BCUT2D eigenvalue weighted by atomic mass is 16.5. The molecule has 80 valence electrons. The van der Waals surface area contributed by atoms with Crippen LogP contribution in [-0.4, -0.2) is 25.1 Å². The molecule has 0 aliphatic carbocycles. The third-order valence-electron chi connectivity index (χ3n) is 2.05. The molecule has 0 fully saturated rings. The van der Waals surface area contributed by atoms with E-state index in [4.69, 9.17) is 5.73 Å². The number of aromatic nitrogens is 5. The number of anilines is 1. The van der Waals surface area contributed by atoms with Gasteiger partial charge >= 0.3 is 0 Å². The number of nitrogens with zero attached hydrogens (tertiary/aromatic N) is 5. The Morgan fingerprint density at radius 2 is 2.40 bits per heavy atom. The molecule has 0 saturated carbocycles. The van der Waals surface area contributed by atoms with E-state index >= 15 is 0 Å². The minimum Gasteiger partial charge on any atom is -0.381 e. The van der Waals surface area contributed by atoms with Crippen molar-refractivity contribution in [2.75, 3.05) is 5.73 Å². The molecule has 0 radical (unpaired) electrons. The van der Waals surface area contributed by atoms with Gasteiger partial charge in [0.05, 0.1) is 5.69 Å². The summed E-state index contributed by atoms with van der Waals surface area (Å²) >= 11 is 0. The van der Waals surface area contributed by atoms with Crippen molar-refractivity contribution >= 4 is 5.82 Å². The normalized spacial score (nSPS) is 10.7. The lowest BCUT2D eigenvalue weighted by Gasteiger charge is -2.02. The van der Waals surface area contributed by atoms with Crippen LogP contribution in [0, 0.1) is 0 Å². The highest BCUT2D eigenvalue weighted by Crippen LogP contribution is 2.10. The Hall–Kier alpha value is -1.92. The molecule has 0 saturated heterocycles. The lowest BCUT2D eigenvalue weighted by atomic mass is 10.2. The summed E-state index contributed by atoms with van der Waals surface area (Å²) in [6.07, 6.45) is 3.12. The Labute approximate surface area is 86.3 Å². The maximum absolute atomic E-state index is 5.70. The molecule has 2 aromatic heterocycles. The van der Waals surface area contributed by atoms with Gasteiger partial charge < -0.3 is 10.3 Å². The van der Waals surface area contributed by atoms with E-state index in [0.717, 1.165) is 18.5 Å². The molecule has 7 nitrogen and oxygen atoms in total. The van der Waals surface area contributed by atoms with Gasteiger partial charge in [-0.2, -0.15) is 4.98 Å². The summed E-state index contributed by atoms with van der Waals surface area (Å²) in [5, 5.41) is 11.5. The monoisotopic (exact) mass is 208 g/mol. The molecule has 7 heteroatoms. The zero-order chi connectivity index (χ0) is 10.7. The predicted octanol–water partition coefficient (Wildman–Crippen LogP) is 0.244. The van der Waals surface area contributed by atoms with Crippen molar-refractivity contribution < 1.29 is 4.52 Å². The molecular weight excluding hydrogens is 196 g/mol. The van der Waals surface area contributed by atoms with Crippen LogP contribution in [0.3, 0.4) is 0 Å². The molecule has 2 N–H and O–H groups in total. The number of nitrogen functional groups attached to an aromatic ring is 1. The van der Waals surface area contributed by atoms with Crippen LogP contribution in [0.2, 0.25) is 0 Å². The van der Waals surface area contributed by atoms with Crippen molar-refractivity contribution in [3.8, 4) is 0 Å². The zero-order valence-corrected chi connectivity index (χ0v) is 8.42. The Morgan fingerprint density at radius 3 is 3.07 bits per heavy atom. The first-order chi connectivity index (χ1) is 7.31. The number of hydrogen-bond acceptors (Lipinski definition) is 6. The van der Waals surface area contributed by atoms with Gasteiger partial charge in [0.2, 0.25) is 6.39 Å². The molecule has 0 unspecified atom stereocenters. The van der Waals surface area contributed by atoms with Crippen LogP contribution in [0.25, 0.3) is 0 Å². The second-order valence-electron chi connectivity index (χ2n) is 3.18. The highest BCUT2D eigenvalue weighted by molar-refractivity contribution is 5.33. The summed E-state index contributed by atoms with van der Waals surface area (Å²) in [7, 11) is 0. The fourth-order valence-corrected chi connectivity index (χ4v) is 1.36. The minimum absolute atomic E-state index is 0.441. The molecule has 0 amide bonds. The van der Waals surface area contributed by atoms with Crippen molar-refractivity contribution in [3.63, 3.8) is 0 Å². The third kappa shape index (κ3) is 1.95. The molecule has 0 atom stereocenters. The molecule has 0 bridgehead atoms. The summed E-state index contributed by atoms with van der Waals surface area (Å²) in [5.74, 6) is 1.04. The summed E-state index contributed by atoms with van der Waals surface area (Å²) in [6, 6.07) is 0. The largest absolute Gasteiger partial charge is 0.381 e. The average molecular weight is 208 g/mol. The third-order valence-corrected chi connectivity index (χ3v) is 2.05. The first kappa shape index (κ1) is 9.63. The Kier molecular flexibility index (Phi) is 2.61. The number of hydrogen-bond donors (Lipinski definition) is 1. The van der Waals surface area contributed by atoms with Gasteiger partial charge in [-0.3, -0.25) is 0 Å². The summed E-state index contributed by atoms with van der Waals surface area (Å²) in [4.78, 5) is 3.91. The summed E-state index contributed by atoms with van der Waals surface area (Å²) in [6.45, 7) is 2.52. The smallest absolute Gasteiger partial charge is 0.213 e. The van der Waals surface area contributed by atoms with Crippen molar-refractivity contribution in [1.29, 1.82) is 0 Å². The Balaban J connectivity index is 2.21. The molecule has 2 rings (SSSR count). The van der Waals surface area contributed by atoms with Crippen LogP contribution < -0.4 is 5.73 Å². The second kappa shape index (κ2) is 4.07. The zero-order valence-electron chi connectivity index (χ0n) is 8.42. The van der Waals surface area contributed by atoms with Gasteiger partial charge in [0, 0.05) is 0 Å². The SMILES string of the molecule is CCCc1c(N)nnn1Cc1ncon1. The van der Waals surface area contributed by atoms with Gasteiger partial charge in [-0.15, -0.1) is 5.10 Å². The van der Waals surface area contributed by atoms with Crippen LogP contribution in [0.1, 0.15) is 24.9 Å². The van der Waals surface area contributed by atoms with Crippen molar-refractivity contribution in [2.45, 2.75) is 26.3 Å². The van der Waals surface area contributed by atoms with E-state index in [9.17, 15) is 0 Å². The van der Waals surface area contributed by atoms with Crippen LogP contribution in [0.15, 0.2) is 10.9 Å². The van der Waals surface area contributed by atoms with Gasteiger partial charge in [-0.05, 0) is 6.42 Å². The van der Waals surface area contributed by atoms with E-state index in [2.05, 4.69) is 31.9 Å². The van der Waals surface area contributed by atoms with Crippen molar-refractivity contribution in [3.05, 3.63) is 17.9 Å². The maximum Gasteiger partial charge on any atom is 0.213 e. The van der Waals surface area contributed by atoms with E-state index < -0.39 is 0 Å². The van der Waals surface area contributed by atoms with E-state index in [-0.39, 0.29) is 0 Å². The van der Waals surface area contributed by atoms with Gasteiger partial charge in [-0.25, -0.2) is 4.68 Å². The van der Waals surface area contributed by atoms with Crippen LogP contribution in [0.5, 0.6) is 0 Å². The van der Waals surface area contributed by atoms with Crippen molar-refractivity contribution in [2.24, 2.45) is 0 Å². The summed E-state index contributed by atoms with van der Waals surface area (Å²) in [5.41, 5.74) is 6.62. The highest BCUT2D eigenvalue weighted by Gasteiger charge is 2.10. The average Bonchev–Trinajstić information content (AvgIpc) is 2.83. The Morgan fingerprint density at radius 1 is 1.53 bits per heavy atom. The molecule has 2 aromatic rings. The lowest BCUT2D eigenvalue weighted by molar-refractivity contribution is 0.405. The molecule has 0 aliphatic heterocycles. The Bertz CT molecular complexity index is 420. The lowest BCUT2D eigenvalue weighted by Crippen LogP contribution is -2.08. The fourth-order valence-electron chi connectivity index (χ4n) is 1.36. The number of rotatable bonds is 4. The van der Waals surface area contributed by atoms with Crippen molar-refractivity contribution in [1.82, 2.24) is 25.1 Å². The first-order valence-electron chi connectivity index (χ1n) is 4.74. The van der Waals surface area contributed by atoms with E-state index in [1.807, 2.05) is 0 Å². The quantitative estimate of drug-likeness (QED) is 0.773. The van der Waals surface area contributed by atoms with Gasteiger partial charge in [-0.1, -0.05) is 23.7 Å². The van der Waals surface area contributed by atoms with Gasteiger partial charge in [0.25, 0.3) is 0 Å². The van der Waals surface area contributed by atoms with Crippen LogP contribution in [-0.2, 0) is 13.0 Å². The number of nitrogens with two attached hydrogens (primary N) is 1. The van der Waals surface area contributed by atoms with E-state index in [1.165, 1.54) is 6.39 Å². The predicted molar refractivity (Wildman–Crippen MR) is 51.8 cm³/mol. The molecular formula is C8H12N6O. The van der Waals surface area contributed by atoms with Gasteiger partial charge in [0.15, 0.2) is 11.6 Å². The molecule has 0 aromatic carbocycles. The maximum atomic E-state index is 5.70. The van der Waals surface area contributed by atoms with Crippen LogP contribution >= 0.6 is 0 Å². The van der Waals surface area contributed by atoms with E-state index in [0.29, 0.717) is 18.2 Å². The van der Waals surface area contributed by atoms with Crippen LogP contribution in [0.4, 0.5) is 5.82 Å². The standard InChI is InChI=1S/C8H12N6O/c1-2-3-6-8(9)11-13-14(6)4-7-10-5-15-12-7/h5H,2-4,9H2,1H3. The fraction of sp³-hybridized carbons (Fsp3) is 0.500. The molecule has 0 aliphatic rings. The summed E-state index contributed by atoms with van der Waals surface area (Å²) < 4.78 is 6.34. The first-order valence-corrected chi connectivity index (χ1v) is 4.74. The minimum atomic E-state index is 0.441. The molecule has 2 heterocycles. The topological polar surface area (TPSA) is 95.7 Å².